The molecule has 0 spiro atoms. The third kappa shape index (κ3) is 7.97. The van der Waals surface area contributed by atoms with E-state index in [0.717, 1.165) is 42.6 Å². The molecule has 318 valence electrons. The summed E-state index contributed by atoms with van der Waals surface area (Å²) in [4.78, 5) is 39.7. The fourth-order valence-corrected chi connectivity index (χ4v) is 10.2. The van der Waals surface area contributed by atoms with Gasteiger partial charge in [0.15, 0.2) is 17.3 Å². The van der Waals surface area contributed by atoms with Crippen LogP contribution in [-0.4, -0.2) is 23.1 Å². The van der Waals surface area contributed by atoms with Gasteiger partial charge in [-0.05, 0) is 83.6 Å². The Labute approximate surface area is 370 Å². The lowest BCUT2D eigenvalue weighted by Crippen LogP contribution is -2.25. The normalized spacial score (nSPS) is 15.3. The summed E-state index contributed by atoms with van der Waals surface area (Å²) in [7, 11) is 0. The minimum atomic E-state index is -0.268. The molecule has 0 saturated carbocycles. The molecular weight excluding hydrogens is 779 g/mol. The molecular formula is C57H55NO5. The van der Waals surface area contributed by atoms with Crippen LogP contribution >= 0.6 is 0 Å². The van der Waals surface area contributed by atoms with E-state index in [1.807, 2.05) is 42.5 Å². The van der Waals surface area contributed by atoms with Gasteiger partial charge in [-0.3, -0.25) is 19.8 Å². The molecule has 0 aliphatic heterocycles. The third-order valence-corrected chi connectivity index (χ3v) is 13.5. The third-order valence-electron chi connectivity index (χ3n) is 13.5. The van der Waals surface area contributed by atoms with Crippen molar-refractivity contribution in [3.05, 3.63) is 165 Å². The van der Waals surface area contributed by atoms with E-state index in [9.17, 15) is 14.4 Å². The van der Waals surface area contributed by atoms with Gasteiger partial charge >= 0.3 is 0 Å². The van der Waals surface area contributed by atoms with E-state index in [2.05, 4.69) is 50.2 Å². The highest BCUT2D eigenvalue weighted by atomic mass is 16.3. The van der Waals surface area contributed by atoms with Gasteiger partial charge in [0.1, 0.15) is 23.0 Å². The predicted octanol–water partition coefficient (Wildman–Crippen LogP) is 15.1. The summed E-state index contributed by atoms with van der Waals surface area (Å²) in [6.07, 6.45) is 19.9. The number of ketones is 3. The number of carbonyl (C=O) groups is 3. The van der Waals surface area contributed by atoms with Gasteiger partial charge in [0.25, 0.3) is 0 Å². The molecule has 4 aromatic carbocycles. The minimum absolute atomic E-state index is 0.131. The molecule has 6 aromatic rings. The van der Waals surface area contributed by atoms with Crippen LogP contribution in [0, 0.1) is 5.41 Å². The smallest absolute Gasteiger partial charge is 0.197 e. The molecule has 3 aliphatic carbocycles. The van der Waals surface area contributed by atoms with Crippen LogP contribution in [0.5, 0.6) is 0 Å². The number of benzene rings is 4. The van der Waals surface area contributed by atoms with Crippen molar-refractivity contribution in [3.63, 3.8) is 0 Å². The summed E-state index contributed by atoms with van der Waals surface area (Å²) in [6.45, 7) is 4.53. The standard InChI is InChI=1S/C57H55NO5/c1-3-5-7-9-11-17-31-57(32-18-12-10-8-6-4-2)49-33-37(51-29-25-39(62-51)35-47-53(58)43-19-13-14-20-44(43)54(47)59)23-27-41(49)42-28-24-38(34-50(42)57)52-30-26-40(63-52)36-48-55(60)45-21-15-16-22-46(45)56(48)61/h13-16,19-30,33-36,58H,3-12,17-18,31-32H2,1-2H3. The van der Waals surface area contributed by atoms with Crippen molar-refractivity contribution in [2.45, 2.75) is 109 Å². The quantitative estimate of drug-likeness (QED) is 0.0528. The number of hydrogen-bond donors (Lipinski definition) is 1. The first-order chi connectivity index (χ1) is 30.8. The largest absolute Gasteiger partial charge is 0.457 e. The van der Waals surface area contributed by atoms with Gasteiger partial charge in [-0.25, -0.2) is 0 Å². The molecule has 6 nitrogen and oxygen atoms in total. The molecule has 0 radical (unpaired) electrons. The molecule has 63 heavy (non-hydrogen) atoms. The topological polar surface area (TPSA) is 101 Å². The summed E-state index contributed by atoms with van der Waals surface area (Å²) >= 11 is 0. The zero-order chi connectivity index (χ0) is 43.5. The molecule has 9 rings (SSSR count). The van der Waals surface area contributed by atoms with E-state index in [-0.39, 0.29) is 34.0 Å². The molecule has 0 amide bonds. The van der Waals surface area contributed by atoms with E-state index in [4.69, 9.17) is 14.2 Å². The average molecular weight is 834 g/mol. The van der Waals surface area contributed by atoms with E-state index >= 15 is 0 Å². The van der Waals surface area contributed by atoms with Crippen LogP contribution in [0.15, 0.2) is 129 Å². The van der Waals surface area contributed by atoms with Crippen molar-refractivity contribution >= 4 is 35.2 Å². The Morgan fingerprint density at radius 1 is 0.460 bits per heavy atom. The second-order valence-electron chi connectivity index (χ2n) is 17.6. The lowest BCUT2D eigenvalue weighted by Gasteiger charge is -2.33. The number of furan rings is 2. The summed E-state index contributed by atoms with van der Waals surface area (Å²) in [5.74, 6) is 1.75. The van der Waals surface area contributed by atoms with Gasteiger partial charge in [-0.1, -0.05) is 164 Å². The van der Waals surface area contributed by atoms with Crippen LogP contribution in [0.1, 0.15) is 163 Å². The minimum Gasteiger partial charge on any atom is -0.457 e. The van der Waals surface area contributed by atoms with Gasteiger partial charge in [0.2, 0.25) is 0 Å². The molecule has 6 heteroatoms. The van der Waals surface area contributed by atoms with Crippen molar-refractivity contribution in [2.24, 2.45) is 0 Å². The highest BCUT2D eigenvalue weighted by Crippen LogP contribution is 2.56. The van der Waals surface area contributed by atoms with Crippen LogP contribution in [0.25, 0.3) is 45.9 Å². The van der Waals surface area contributed by atoms with Gasteiger partial charge in [0.05, 0.1) is 16.9 Å². The molecule has 0 atom stereocenters. The lowest BCUT2D eigenvalue weighted by molar-refractivity contribution is 0.0988. The number of fused-ring (bicyclic) bond motifs is 5. The van der Waals surface area contributed by atoms with Crippen LogP contribution in [0.3, 0.4) is 0 Å². The second kappa shape index (κ2) is 18.1. The Morgan fingerprint density at radius 3 is 1.35 bits per heavy atom. The number of Topliss-reactive ketones (excluding diaryl/α,β-unsaturated/α-hetero) is 3. The van der Waals surface area contributed by atoms with Crippen molar-refractivity contribution in [1.29, 1.82) is 5.41 Å². The molecule has 0 unspecified atom stereocenters. The zero-order valence-electron chi connectivity index (χ0n) is 36.5. The Balaban J connectivity index is 1.07. The number of allylic oxidation sites excluding steroid dienone is 2. The zero-order valence-corrected chi connectivity index (χ0v) is 36.5. The molecule has 0 bridgehead atoms. The summed E-state index contributed by atoms with van der Waals surface area (Å²) in [5.41, 5.74) is 9.66. The molecule has 0 fully saturated rings. The molecule has 2 heterocycles. The summed E-state index contributed by atoms with van der Waals surface area (Å²) in [5, 5.41) is 8.72. The van der Waals surface area contributed by atoms with E-state index in [1.54, 1.807) is 42.5 Å². The molecule has 0 saturated heterocycles. The summed E-state index contributed by atoms with van der Waals surface area (Å²) < 4.78 is 12.9. The number of hydrogen-bond acceptors (Lipinski definition) is 6. The number of rotatable bonds is 18. The number of unbranched alkanes of at least 4 members (excludes halogenated alkanes) is 10. The molecule has 1 N–H and O–H groups in total. The second-order valence-corrected chi connectivity index (χ2v) is 17.6. The van der Waals surface area contributed by atoms with Crippen LogP contribution < -0.4 is 0 Å². The number of carbonyl (C=O) groups excluding carboxylic acids is 3. The Kier molecular flexibility index (Phi) is 12.1. The van der Waals surface area contributed by atoms with Crippen molar-refractivity contribution < 1.29 is 23.2 Å². The first-order valence-electron chi connectivity index (χ1n) is 23.2. The van der Waals surface area contributed by atoms with Crippen molar-refractivity contribution in [2.75, 3.05) is 0 Å². The van der Waals surface area contributed by atoms with Crippen LogP contribution in [-0.2, 0) is 5.41 Å². The fraction of sp³-hybridized carbons (Fsp3) is 0.298. The van der Waals surface area contributed by atoms with Crippen molar-refractivity contribution in [1.82, 2.24) is 0 Å². The lowest BCUT2D eigenvalue weighted by atomic mass is 9.70. The predicted molar refractivity (Wildman–Crippen MR) is 253 cm³/mol. The average Bonchev–Trinajstić information content (AvgIpc) is 4.13. The first-order valence-corrected chi connectivity index (χ1v) is 23.2. The van der Waals surface area contributed by atoms with Gasteiger partial charge in [-0.2, -0.15) is 0 Å². The van der Waals surface area contributed by atoms with Gasteiger partial charge in [-0.15, -0.1) is 0 Å². The van der Waals surface area contributed by atoms with E-state index in [1.165, 1.54) is 86.5 Å². The van der Waals surface area contributed by atoms with E-state index in [0.29, 0.717) is 45.1 Å². The monoisotopic (exact) mass is 833 g/mol. The van der Waals surface area contributed by atoms with Gasteiger partial charge < -0.3 is 8.83 Å². The Morgan fingerprint density at radius 2 is 0.873 bits per heavy atom. The Hall–Kier alpha value is -6.40. The van der Waals surface area contributed by atoms with Crippen LogP contribution in [0.4, 0.5) is 0 Å². The summed E-state index contributed by atoms with van der Waals surface area (Å²) in [6, 6.07) is 35.4. The molecule has 3 aliphatic rings. The first kappa shape index (κ1) is 41.9. The SMILES string of the molecule is CCCCCCCCC1(CCCCCCCC)c2cc(-c3ccc(C=C4C(=N)c5ccccc5C4=O)o3)ccc2-c2ccc(-c3ccc(C=C4C(=O)c5ccccc5C4=O)o3)cc21. The van der Waals surface area contributed by atoms with Crippen LogP contribution in [0.2, 0.25) is 0 Å². The Bertz CT molecular complexity index is 2540. The maximum absolute atomic E-state index is 13.3. The number of nitrogens with one attached hydrogen (secondary N) is 1. The van der Waals surface area contributed by atoms with Crippen molar-refractivity contribution in [3.8, 4) is 33.8 Å². The fourth-order valence-electron chi connectivity index (χ4n) is 10.2. The maximum atomic E-state index is 13.3. The highest BCUT2D eigenvalue weighted by molar-refractivity contribution is 6.42. The van der Waals surface area contributed by atoms with E-state index < -0.39 is 0 Å². The molecule has 2 aromatic heterocycles. The van der Waals surface area contributed by atoms with Gasteiger partial charge in [0, 0.05) is 38.8 Å². The highest BCUT2D eigenvalue weighted by Gasteiger charge is 2.43. The maximum Gasteiger partial charge on any atom is 0.197 e.